The Balaban J connectivity index is 1.82. The molecule has 0 aromatic heterocycles. The first-order valence-electron chi connectivity index (χ1n) is 7.38. The van der Waals surface area contributed by atoms with Gasteiger partial charge >= 0.3 is 0 Å². The van der Waals surface area contributed by atoms with Crippen molar-refractivity contribution >= 4 is 0 Å². The van der Waals surface area contributed by atoms with E-state index in [1.807, 2.05) is 0 Å². The summed E-state index contributed by atoms with van der Waals surface area (Å²) in [6.45, 7) is 4.62. The van der Waals surface area contributed by atoms with E-state index < -0.39 is 0 Å². The highest BCUT2D eigenvalue weighted by Crippen LogP contribution is 2.48. The Kier molecular flexibility index (Phi) is 3.16. The molecule has 3 rings (SSSR count). The van der Waals surface area contributed by atoms with E-state index in [0.717, 1.165) is 5.76 Å². The summed E-state index contributed by atoms with van der Waals surface area (Å²) < 4.78 is 6.25. The zero-order valence-electron chi connectivity index (χ0n) is 11.1. The molecular formula is C15H25NO. The van der Waals surface area contributed by atoms with Crippen LogP contribution in [0.4, 0.5) is 0 Å². The number of ether oxygens (including phenoxy) is 1. The standard InChI is InChI=1S/C15H25NO/c1-13-7-10-15(8-3-2-4-9-15)14(17-13)16-11-5-6-12-16/h7,14H,2-6,8-12H2,1H3. The van der Waals surface area contributed by atoms with E-state index in [1.54, 1.807) is 0 Å². The fourth-order valence-corrected chi connectivity index (χ4v) is 3.94. The monoisotopic (exact) mass is 235 g/mol. The smallest absolute Gasteiger partial charge is 0.158 e. The Morgan fingerprint density at radius 3 is 2.53 bits per heavy atom. The molecule has 1 unspecified atom stereocenters. The summed E-state index contributed by atoms with van der Waals surface area (Å²) in [7, 11) is 0. The molecule has 1 saturated carbocycles. The molecule has 2 heteroatoms. The molecule has 2 fully saturated rings. The van der Waals surface area contributed by atoms with Crippen molar-refractivity contribution < 1.29 is 4.74 Å². The average Bonchev–Trinajstić information content (AvgIpc) is 2.87. The lowest BCUT2D eigenvalue weighted by molar-refractivity contribution is -0.126. The van der Waals surface area contributed by atoms with E-state index in [0.29, 0.717) is 11.6 Å². The average molecular weight is 235 g/mol. The summed E-state index contributed by atoms with van der Waals surface area (Å²) in [6.07, 6.45) is 13.7. The van der Waals surface area contributed by atoms with Crippen LogP contribution in [0.1, 0.15) is 58.3 Å². The minimum Gasteiger partial charge on any atom is -0.479 e. The predicted octanol–water partition coefficient (Wildman–Crippen LogP) is 3.68. The van der Waals surface area contributed by atoms with E-state index in [9.17, 15) is 0 Å². The van der Waals surface area contributed by atoms with E-state index >= 15 is 0 Å². The van der Waals surface area contributed by atoms with Gasteiger partial charge in [-0.05, 0) is 45.1 Å². The second kappa shape index (κ2) is 4.64. The SMILES string of the molecule is CC1=CCC2(CCCCC2)C(N2CCCC2)O1. The Labute approximate surface area is 105 Å². The van der Waals surface area contributed by atoms with Crippen molar-refractivity contribution in [2.75, 3.05) is 13.1 Å². The quantitative estimate of drug-likeness (QED) is 0.687. The van der Waals surface area contributed by atoms with Crippen LogP contribution >= 0.6 is 0 Å². The van der Waals surface area contributed by atoms with Crippen molar-refractivity contribution in [2.45, 2.75) is 64.5 Å². The third-order valence-electron chi connectivity index (χ3n) is 4.94. The molecule has 0 N–H and O–H groups in total. The first kappa shape index (κ1) is 11.6. The van der Waals surface area contributed by atoms with Crippen LogP contribution in [0.25, 0.3) is 0 Å². The summed E-state index contributed by atoms with van der Waals surface area (Å²) in [6, 6.07) is 0. The van der Waals surface area contributed by atoms with Gasteiger partial charge in [-0.25, -0.2) is 0 Å². The first-order valence-corrected chi connectivity index (χ1v) is 7.38. The van der Waals surface area contributed by atoms with Crippen LogP contribution in [0, 0.1) is 5.41 Å². The van der Waals surface area contributed by atoms with Crippen molar-refractivity contribution in [3.63, 3.8) is 0 Å². The Morgan fingerprint density at radius 1 is 1.12 bits per heavy atom. The van der Waals surface area contributed by atoms with E-state index in [1.165, 1.54) is 64.5 Å². The zero-order chi connectivity index (χ0) is 11.7. The number of hydrogen-bond donors (Lipinski definition) is 0. The lowest BCUT2D eigenvalue weighted by atomic mass is 9.69. The Bertz CT molecular complexity index is 298. The number of allylic oxidation sites excluding steroid dienone is 2. The van der Waals surface area contributed by atoms with Gasteiger partial charge in [0.2, 0.25) is 0 Å². The molecule has 0 aromatic rings. The highest BCUT2D eigenvalue weighted by atomic mass is 16.5. The normalized spacial score (nSPS) is 33.5. The minimum atomic E-state index is 0.385. The van der Waals surface area contributed by atoms with Gasteiger partial charge < -0.3 is 4.74 Å². The molecule has 0 amide bonds. The van der Waals surface area contributed by atoms with Gasteiger partial charge in [-0.1, -0.05) is 19.3 Å². The maximum absolute atomic E-state index is 6.25. The minimum absolute atomic E-state index is 0.385. The Hall–Kier alpha value is -0.500. The molecule has 2 nitrogen and oxygen atoms in total. The molecule has 1 atom stereocenters. The molecule has 2 heterocycles. The number of nitrogens with zero attached hydrogens (tertiary/aromatic N) is 1. The van der Waals surface area contributed by atoms with Crippen LogP contribution < -0.4 is 0 Å². The van der Waals surface area contributed by atoms with Gasteiger partial charge in [-0.3, -0.25) is 4.90 Å². The predicted molar refractivity (Wildman–Crippen MR) is 69.6 cm³/mol. The van der Waals surface area contributed by atoms with Crippen LogP contribution in [-0.4, -0.2) is 24.2 Å². The second-order valence-electron chi connectivity index (χ2n) is 6.16. The maximum Gasteiger partial charge on any atom is 0.158 e. The van der Waals surface area contributed by atoms with Crippen molar-refractivity contribution in [1.29, 1.82) is 0 Å². The zero-order valence-corrected chi connectivity index (χ0v) is 11.1. The van der Waals surface area contributed by atoms with Gasteiger partial charge in [0.1, 0.15) is 0 Å². The van der Waals surface area contributed by atoms with Crippen LogP contribution in [-0.2, 0) is 4.74 Å². The molecule has 1 saturated heterocycles. The van der Waals surface area contributed by atoms with Gasteiger partial charge in [0, 0.05) is 18.5 Å². The number of rotatable bonds is 1. The first-order chi connectivity index (χ1) is 8.30. The largest absolute Gasteiger partial charge is 0.479 e. The van der Waals surface area contributed by atoms with Crippen LogP contribution in [0.2, 0.25) is 0 Å². The van der Waals surface area contributed by atoms with Gasteiger partial charge in [0.25, 0.3) is 0 Å². The molecule has 2 aliphatic heterocycles. The van der Waals surface area contributed by atoms with Crippen molar-refractivity contribution in [2.24, 2.45) is 5.41 Å². The van der Waals surface area contributed by atoms with Gasteiger partial charge in [-0.15, -0.1) is 0 Å². The highest BCUT2D eigenvalue weighted by Gasteiger charge is 2.46. The van der Waals surface area contributed by atoms with E-state index in [4.69, 9.17) is 4.74 Å². The number of likely N-dealkylation sites (tertiary alicyclic amines) is 1. The van der Waals surface area contributed by atoms with Crippen molar-refractivity contribution in [3.05, 3.63) is 11.8 Å². The summed E-state index contributed by atoms with van der Waals surface area (Å²) in [5.74, 6) is 1.15. The van der Waals surface area contributed by atoms with E-state index in [-0.39, 0.29) is 0 Å². The van der Waals surface area contributed by atoms with Gasteiger partial charge in [0.05, 0.1) is 5.76 Å². The summed E-state index contributed by atoms with van der Waals surface area (Å²) in [5.41, 5.74) is 0.447. The van der Waals surface area contributed by atoms with Crippen molar-refractivity contribution in [3.8, 4) is 0 Å². The highest BCUT2D eigenvalue weighted by molar-refractivity contribution is 5.05. The molecule has 96 valence electrons. The van der Waals surface area contributed by atoms with Gasteiger partial charge in [-0.2, -0.15) is 0 Å². The molecule has 0 bridgehead atoms. The second-order valence-corrected chi connectivity index (χ2v) is 6.16. The third-order valence-corrected chi connectivity index (χ3v) is 4.94. The third kappa shape index (κ3) is 2.12. The molecule has 1 spiro atoms. The topological polar surface area (TPSA) is 12.5 Å². The summed E-state index contributed by atoms with van der Waals surface area (Å²) in [5, 5.41) is 0. The van der Waals surface area contributed by atoms with Crippen LogP contribution in [0.15, 0.2) is 11.8 Å². The number of hydrogen-bond acceptors (Lipinski definition) is 2. The molecular weight excluding hydrogens is 210 g/mol. The fraction of sp³-hybridized carbons (Fsp3) is 0.867. The molecule has 3 aliphatic rings. The summed E-state index contributed by atoms with van der Waals surface area (Å²) >= 11 is 0. The maximum atomic E-state index is 6.25. The van der Waals surface area contributed by atoms with Crippen LogP contribution in [0.5, 0.6) is 0 Å². The van der Waals surface area contributed by atoms with E-state index in [2.05, 4.69) is 17.9 Å². The Morgan fingerprint density at radius 2 is 1.82 bits per heavy atom. The lowest BCUT2D eigenvalue weighted by Gasteiger charge is -2.48. The fourth-order valence-electron chi connectivity index (χ4n) is 3.94. The van der Waals surface area contributed by atoms with Crippen LogP contribution in [0.3, 0.4) is 0 Å². The lowest BCUT2D eigenvalue weighted by Crippen LogP contribution is -2.50. The van der Waals surface area contributed by atoms with Crippen molar-refractivity contribution in [1.82, 2.24) is 4.90 Å². The molecule has 17 heavy (non-hydrogen) atoms. The molecule has 0 radical (unpaired) electrons. The van der Waals surface area contributed by atoms with Gasteiger partial charge in [0.15, 0.2) is 6.23 Å². The molecule has 0 aromatic carbocycles. The molecule has 1 aliphatic carbocycles. The summed E-state index contributed by atoms with van der Waals surface area (Å²) in [4.78, 5) is 2.61.